The number of carbonyl (C=O) groups is 2. The molecular formula is C21H32N2O3. The molecule has 1 rings (SSSR count). The third-order valence-corrected chi connectivity index (χ3v) is 4.29. The van der Waals surface area contributed by atoms with E-state index in [4.69, 9.17) is 5.73 Å². The van der Waals surface area contributed by atoms with Gasteiger partial charge in [0.2, 0.25) is 11.8 Å². The minimum Gasteiger partial charge on any atom is -0.387 e. The molecule has 26 heavy (non-hydrogen) atoms. The number of carbonyl (C=O) groups excluding carboxylic acids is 2. The van der Waals surface area contributed by atoms with Crippen molar-refractivity contribution in [3.8, 4) is 0 Å². The standard InChI is InChI=1S/C21H32N2O3/c1-2-3-4-5-9-15-21(26)23-18(16-20(22)25)19(24)14-10-13-17-11-7-6-8-12-17/h6-8,11-12,19,24H,2-5,9-10,13-16H2,1H3,(H2,22,25)/t19-/m0/s1. The molecule has 0 saturated heterocycles. The third-order valence-electron chi connectivity index (χ3n) is 4.29. The number of aryl methyl sites for hydroxylation is 1. The highest BCUT2D eigenvalue weighted by molar-refractivity contribution is 6.07. The highest BCUT2D eigenvalue weighted by Gasteiger charge is 2.17. The SMILES string of the molecule is CCCCCCCC(=O)N=C(CC(N)=O)[C@@H](O)CCCc1ccccc1. The summed E-state index contributed by atoms with van der Waals surface area (Å²) in [6, 6.07) is 9.99. The summed E-state index contributed by atoms with van der Waals surface area (Å²) in [5.41, 5.74) is 6.63. The van der Waals surface area contributed by atoms with Crippen LogP contribution in [0.25, 0.3) is 0 Å². The highest BCUT2D eigenvalue weighted by atomic mass is 16.3. The molecule has 1 aromatic carbocycles. The molecule has 0 aliphatic heterocycles. The lowest BCUT2D eigenvalue weighted by atomic mass is 10.0. The van der Waals surface area contributed by atoms with E-state index in [2.05, 4.69) is 11.9 Å². The number of hydrogen-bond acceptors (Lipinski definition) is 3. The van der Waals surface area contributed by atoms with Gasteiger partial charge in [0.25, 0.3) is 0 Å². The first kappa shape index (κ1) is 22.0. The van der Waals surface area contributed by atoms with Crippen LogP contribution in [0.1, 0.15) is 70.3 Å². The van der Waals surface area contributed by atoms with Crippen LogP contribution in [0.3, 0.4) is 0 Å². The molecule has 1 atom stereocenters. The van der Waals surface area contributed by atoms with Gasteiger partial charge in [-0.05, 0) is 31.2 Å². The van der Waals surface area contributed by atoms with Gasteiger partial charge in [-0.15, -0.1) is 0 Å². The lowest BCUT2D eigenvalue weighted by molar-refractivity contribution is -0.117. The maximum Gasteiger partial charge on any atom is 0.245 e. The normalized spacial score (nSPS) is 12.8. The summed E-state index contributed by atoms with van der Waals surface area (Å²) < 4.78 is 0. The van der Waals surface area contributed by atoms with Crippen molar-refractivity contribution in [3.05, 3.63) is 35.9 Å². The monoisotopic (exact) mass is 360 g/mol. The molecule has 5 heteroatoms. The number of amides is 2. The fourth-order valence-corrected chi connectivity index (χ4v) is 2.82. The summed E-state index contributed by atoms with van der Waals surface area (Å²) in [4.78, 5) is 27.2. The van der Waals surface area contributed by atoms with Crippen LogP contribution in [0.2, 0.25) is 0 Å². The van der Waals surface area contributed by atoms with Crippen LogP contribution in [0.4, 0.5) is 0 Å². The Bertz CT molecular complexity index is 570. The number of aliphatic hydroxyl groups excluding tert-OH is 1. The number of benzene rings is 1. The van der Waals surface area contributed by atoms with Gasteiger partial charge >= 0.3 is 0 Å². The maximum absolute atomic E-state index is 12.0. The first-order valence-corrected chi connectivity index (χ1v) is 9.63. The highest BCUT2D eigenvalue weighted by Crippen LogP contribution is 2.11. The molecule has 5 nitrogen and oxygen atoms in total. The Hall–Kier alpha value is -2.01. The van der Waals surface area contributed by atoms with Crippen molar-refractivity contribution in [1.29, 1.82) is 0 Å². The van der Waals surface area contributed by atoms with Crippen molar-refractivity contribution < 1.29 is 14.7 Å². The molecule has 0 spiro atoms. The molecule has 0 aliphatic rings. The van der Waals surface area contributed by atoms with Crippen LogP contribution in [0.15, 0.2) is 35.3 Å². The fourth-order valence-electron chi connectivity index (χ4n) is 2.82. The van der Waals surface area contributed by atoms with E-state index in [1.54, 1.807) is 0 Å². The van der Waals surface area contributed by atoms with Crippen LogP contribution in [0, 0.1) is 0 Å². The molecule has 0 heterocycles. The van der Waals surface area contributed by atoms with E-state index in [0.717, 1.165) is 38.5 Å². The van der Waals surface area contributed by atoms with Crippen LogP contribution < -0.4 is 5.73 Å². The zero-order valence-corrected chi connectivity index (χ0v) is 15.8. The Morgan fingerprint density at radius 3 is 2.42 bits per heavy atom. The molecule has 2 amide bonds. The zero-order valence-electron chi connectivity index (χ0n) is 15.8. The van der Waals surface area contributed by atoms with Gasteiger partial charge in [-0.2, -0.15) is 0 Å². The van der Waals surface area contributed by atoms with Gasteiger partial charge in [-0.1, -0.05) is 62.9 Å². The van der Waals surface area contributed by atoms with E-state index in [0.29, 0.717) is 12.8 Å². The molecular weight excluding hydrogens is 328 g/mol. The predicted molar refractivity (Wildman–Crippen MR) is 105 cm³/mol. The molecule has 0 bridgehead atoms. The van der Waals surface area contributed by atoms with E-state index < -0.39 is 12.0 Å². The van der Waals surface area contributed by atoms with E-state index in [1.165, 1.54) is 12.0 Å². The number of nitrogens with two attached hydrogens (primary N) is 1. The van der Waals surface area contributed by atoms with Gasteiger partial charge in [0.1, 0.15) is 0 Å². The van der Waals surface area contributed by atoms with E-state index in [9.17, 15) is 14.7 Å². The number of primary amides is 1. The Morgan fingerprint density at radius 2 is 1.77 bits per heavy atom. The second-order valence-corrected chi connectivity index (χ2v) is 6.70. The van der Waals surface area contributed by atoms with Gasteiger partial charge in [-0.3, -0.25) is 9.59 Å². The van der Waals surface area contributed by atoms with Gasteiger partial charge in [0.15, 0.2) is 0 Å². The molecule has 3 N–H and O–H groups in total. The number of aliphatic hydroxyl groups is 1. The van der Waals surface area contributed by atoms with E-state index >= 15 is 0 Å². The van der Waals surface area contributed by atoms with Gasteiger partial charge < -0.3 is 10.8 Å². The summed E-state index contributed by atoms with van der Waals surface area (Å²) in [5, 5.41) is 10.3. The number of rotatable bonds is 13. The summed E-state index contributed by atoms with van der Waals surface area (Å²) in [7, 11) is 0. The van der Waals surface area contributed by atoms with Crippen LogP contribution in [-0.2, 0) is 16.0 Å². The van der Waals surface area contributed by atoms with Crippen molar-refractivity contribution in [2.75, 3.05) is 0 Å². The number of aliphatic imine (C=N–C) groups is 1. The Kier molecular flexibility index (Phi) is 11.2. The summed E-state index contributed by atoms with van der Waals surface area (Å²) in [5.74, 6) is -0.860. The van der Waals surface area contributed by atoms with Crippen LogP contribution >= 0.6 is 0 Å². The first-order chi connectivity index (χ1) is 12.5. The van der Waals surface area contributed by atoms with Crippen molar-refractivity contribution in [2.45, 2.75) is 77.2 Å². The summed E-state index contributed by atoms with van der Waals surface area (Å²) in [6.07, 6.45) is 6.52. The van der Waals surface area contributed by atoms with E-state index in [1.807, 2.05) is 30.3 Å². The topological polar surface area (TPSA) is 92.8 Å². The predicted octanol–water partition coefficient (Wildman–Crippen LogP) is 3.57. The molecule has 0 aliphatic carbocycles. The first-order valence-electron chi connectivity index (χ1n) is 9.63. The quantitative estimate of drug-likeness (QED) is 0.416. The third kappa shape index (κ3) is 10.1. The lowest BCUT2D eigenvalue weighted by Gasteiger charge is -2.13. The van der Waals surface area contributed by atoms with Crippen molar-refractivity contribution in [3.63, 3.8) is 0 Å². The zero-order chi connectivity index (χ0) is 19.2. The second kappa shape index (κ2) is 13.2. The van der Waals surface area contributed by atoms with Crippen LogP contribution in [0.5, 0.6) is 0 Å². The average Bonchev–Trinajstić information content (AvgIpc) is 2.61. The number of hydrogen-bond donors (Lipinski definition) is 2. The molecule has 1 aromatic rings. The Labute approximate surface area is 156 Å². The average molecular weight is 360 g/mol. The summed E-state index contributed by atoms with van der Waals surface area (Å²) in [6.45, 7) is 2.14. The van der Waals surface area contributed by atoms with Gasteiger partial charge in [0, 0.05) is 6.42 Å². The maximum atomic E-state index is 12.0. The lowest BCUT2D eigenvalue weighted by Crippen LogP contribution is -2.27. The fraction of sp³-hybridized carbons (Fsp3) is 0.571. The number of unbranched alkanes of at least 4 members (excludes halogenated alkanes) is 4. The van der Waals surface area contributed by atoms with Crippen molar-refractivity contribution in [2.24, 2.45) is 10.7 Å². The number of nitrogens with zero attached hydrogens (tertiary/aromatic N) is 1. The molecule has 0 fully saturated rings. The smallest absolute Gasteiger partial charge is 0.245 e. The molecule has 0 aromatic heterocycles. The minimum absolute atomic E-state index is 0.173. The van der Waals surface area contributed by atoms with Crippen LogP contribution in [-0.4, -0.2) is 28.7 Å². The Morgan fingerprint density at radius 1 is 1.08 bits per heavy atom. The Balaban J connectivity index is 2.49. The van der Waals surface area contributed by atoms with Gasteiger partial charge in [-0.25, -0.2) is 4.99 Å². The molecule has 144 valence electrons. The minimum atomic E-state index is -0.907. The van der Waals surface area contributed by atoms with E-state index in [-0.39, 0.29) is 18.0 Å². The summed E-state index contributed by atoms with van der Waals surface area (Å²) >= 11 is 0. The second-order valence-electron chi connectivity index (χ2n) is 6.70. The molecule has 0 saturated carbocycles. The van der Waals surface area contributed by atoms with Crippen molar-refractivity contribution in [1.82, 2.24) is 0 Å². The molecule has 0 radical (unpaired) electrons. The van der Waals surface area contributed by atoms with Gasteiger partial charge in [0.05, 0.1) is 18.2 Å². The largest absolute Gasteiger partial charge is 0.387 e. The molecule has 0 unspecified atom stereocenters. The van der Waals surface area contributed by atoms with Crippen molar-refractivity contribution >= 4 is 17.5 Å².